The Balaban J connectivity index is 2.80. The maximum absolute atomic E-state index is 12.3. The second kappa shape index (κ2) is 8.39. The first-order valence-electron chi connectivity index (χ1n) is 7.46. The fourth-order valence-corrected chi connectivity index (χ4v) is 2.78. The zero-order valence-corrected chi connectivity index (χ0v) is 12.7. The van der Waals surface area contributed by atoms with Gasteiger partial charge in [0, 0.05) is 18.4 Å². The van der Waals surface area contributed by atoms with Gasteiger partial charge in [0.15, 0.2) is 0 Å². The molecule has 0 heterocycles. The van der Waals surface area contributed by atoms with Crippen LogP contribution in [0, 0.1) is 5.92 Å². The molecule has 3 atom stereocenters. The van der Waals surface area contributed by atoms with Gasteiger partial charge in [-0.1, -0.05) is 50.6 Å². The van der Waals surface area contributed by atoms with Crippen molar-refractivity contribution in [1.29, 1.82) is 0 Å². The first-order chi connectivity index (χ1) is 9.89. The van der Waals surface area contributed by atoms with Crippen LogP contribution in [0.15, 0.2) is 30.3 Å². The quantitative estimate of drug-likeness (QED) is 0.552. The van der Waals surface area contributed by atoms with Crippen molar-refractivity contribution in [3.05, 3.63) is 35.9 Å². The van der Waals surface area contributed by atoms with Crippen molar-refractivity contribution in [3.63, 3.8) is 0 Å². The minimum Gasteiger partial charge on any atom is -0.271 e. The third-order valence-corrected chi connectivity index (χ3v) is 4.06. The minimum absolute atomic E-state index is 0.0954. The molecular weight excluding hydrogens is 277 g/mol. The summed E-state index contributed by atoms with van der Waals surface area (Å²) >= 11 is 0. The predicted octanol–water partition coefficient (Wildman–Crippen LogP) is 4.38. The lowest BCUT2D eigenvalue weighted by Gasteiger charge is -2.32. The summed E-state index contributed by atoms with van der Waals surface area (Å²) in [4.78, 5) is 0. The Labute approximate surface area is 124 Å². The van der Waals surface area contributed by atoms with E-state index in [4.69, 9.17) is 5.84 Å². The van der Waals surface area contributed by atoms with Crippen LogP contribution in [0.25, 0.3) is 0 Å². The van der Waals surface area contributed by atoms with Crippen molar-refractivity contribution < 1.29 is 13.2 Å². The topological polar surface area (TPSA) is 38.0 Å². The van der Waals surface area contributed by atoms with Gasteiger partial charge >= 0.3 is 6.18 Å². The largest absolute Gasteiger partial charge is 0.389 e. The average Bonchev–Trinajstić information content (AvgIpc) is 2.45. The summed E-state index contributed by atoms with van der Waals surface area (Å²) in [5, 5.41) is 0. The lowest BCUT2D eigenvalue weighted by molar-refractivity contribution is -0.135. The maximum atomic E-state index is 12.3. The highest BCUT2D eigenvalue weighted by molar-refractivity contribution is 5.22. The Morgan fingerprint density at radius 1 is 1.19 bits per heavy atom. The van der Waals surface area contributed by atoms with Crippen molar-refractivity contribution >= 4 is 0 Å². The molecule has 0 aliphatic rings. The van der Waals surface area contributed by atoms with E-state index in [-0.39, 0.29) is 18.4 Å². The molecule has 1 aromatic rings. The van der Waals surface area contributed by atoms with Crippen LogP contribution in [0.4, 0.5) is 13.2 Å². The Hall–Kier alpha value is -1.07. The molecule has 5 heteroatoms. The number of hydrogen-bond donors (Lipinski definition) is 2. The summed E-state index contributed by atoms with van der Waals surface area (Å²) < 4.78 is 36.9. The molecule has 120 valence electrons. The minimum atomic E-state index is -4.10. The predicted molar refractivity (Wildman–Crippen MR) is 79.7 cm³/mol. The summed E-state index contributed by atoms with van der Waals surface area (Å²) in [7, 11) is 0. The molecule has 2 nitrogen and oxygen atoms in total. The highest BCUT2D eigenvalue weighted by atomic mass is 19.4. The number of hydrazine groups is 1. The highest BCUT2D eigenvalue weighted by Crippen LogP contribution is 2.33. The molecule has 0 amide bonds. The van der Waals surface area contributed by atoms with E-state index in [0.29, 0.717) is 12.3 Å². The fraction of sp³-hybridized carbons (Fsp3) is 0.625. The first kappa shape index (κ1) is 18.0. The average molecular weight is 302 g/mol. The van der Waals surface area contributed by atoms with Crippen LogP contribution in [-0.2, 0) is 0 Å². The molecule has 0 bridgehead atoms. The summed E-state index contributed by atoms with van der Waals surface area (Å²) in [6, 6.07) is 9.73. The third-order valence-electron chi connectivity index (χ3n) is 4.06. The van der Waals surface area contributed by atoms with Crippen LogP contribution in [0.5, 0.6) is 0 Å². The number of halogens is 3. The van der Waals surface area contributed by atoms with E-state index in [1.165, 1.54) is 0 Å². The van der Waals surface area contributed by atoms with Crippen molar-refractivity contribution in [3.8, 4) is 0 Å². The van der Waals surface area contributed by atoms with Crippen molar-refractivity contribution in [2.24, 2.45) is 11.8 Å². The van der Waals surface area contributed by atoms with Gasteiger partial charge in [-0.15, -0.1) is 0 Å². The molecule has 0 radical (unpaired) electrons. The van der Waals surface area contributed by atoms with Gasteiger partial charge in [-0.25, -0.2) is 0 Å². The zero-order valence-electron chi connectivity index (χ0n) is 12.7. The number of nitrogens with one attached hydrogen (secondary N) is 1. The van der Waals surface area contributed by atoms with Crippen molar-refractivity contribution in [2.45, 2.75) is 57.7 Å². The van der Waals surface area contributed by atoms with Gasteiger partial charge in [0.05, 0.1) is 0 Å². The van der Waals surface area contributed by atoms with Gasteiger partial charge in [0.25, 0.3) is 0 Å². The molecule has 0 saturated carbocycles. The van der Waals surface area contributed by atoms with E-state index < -0.39 is 12.6 Å². The Morgan fingerprint density at radius 2 is 1.81 bits per heavy atom. The van der Waals surface area contributed by atoms with E-state index in [0.717, 1.165) is 12.0 Å². The number of benzene rings is 1. The smallest absolute Gasteiger partial charge is 0.271 e. The molecule has 0 aliphatic heterocycles. The first-order valence-corrected chi connectivity index (χ1v) is 7.46. The standard InChI is InChI=1S/C16H25F3N2/c1-3-12(2)15(13-8-5-4-6-9-13)14(21-20)10-7-11-16(17,18)19/h4-6,8-9,12,14-15,21H,3,7,10-11,20H2,1-2H3. The van der Waals surface area contributed by atoms with Crippen LogP contribution < -0.4 is 11.3 Å². The third kappa shape index (κ3) is 6.06. The highest BCUT2D eigenvalue weighted by Gasteiger charge is 2.30. The molecule has 0 fully saturated rings. The van der Waals surface area contributed by atoms with Gasteiger partial charge in [0.2, 0.25) is 0 Å². The molecule has 0 aromatic heterocycles. The molecule has 1 aromatic carbocycles. The van der Waals surface area contributed by atoms with E-state index >= 15 is 0 Å². The number of nitrogens with two attached hydrogens (primary N) is 1. The van der Waals surface area contributed by atoms with E-state index in [1.807, 2.05) is 30.3 Å². The van der Waals surface area contributed by atoms with Gasteiger partial charge in [-0.05, 0) is 24.3 Å². The van der Waals surface area contributed by atoms with Gasteiger partial charge in [-0.2, -0.15) is 13.2 Å². The monoisotopic (exact) mass is 302 g/mol. The number of hydrogen-bond acceptors (Lipinski definition) is 2. The molecule has 0 aliphatic carbocycles. The summed E-state index contributed by atoms with van der Waals surface area (Å²) in [6.45, 7) is 4.20. The molecule has 21 heavy (non-hydrogen) atoms. The van der Waals surface area contributed by atoms with Crippen LogP contribution in [-0.4, -0.2) is 12.2 Å². The lowest BCUT2D eigenvalue weighted by Crippen LogP contribution is -2.42. The fourth-order valence-electron chi connectivity index (χ4n) is 2.78. The lowest BCUT2D eigenvalue weighted by atomic mass is 9.78. The molecule has 3 N–H and O–H groups in total. The maximum Gasteiger partial charge on any atom is 0.389 e. The van der Waals surface area contributed by atoms with Crippen molar-refractivity contribution in [2.75, 3.05) is 0 Å². The van der Waals surface area contributed by atoms with Gasteiger partial charge in [0.1, 0.15) is 0 Å². The van der Waals surface area contributed by atoms with Crippen molar-refractivity contribution in [1.82, 2.24) is 5.43 Å². The molecule has 0 spiro atoms. The Kier molecular flexibility index (Phi) is 7.18. The van der Waals surface area contributed by atoms with Gasteiger partial charge in [-0.3, -0.25) is 11.3 Å². The van der Waals surface area contributed by atoms with Crippen LogP contribution >= 0.6 is 0 Å². The van der Waals surface area contributed by atoms with Crippen LogP contribution in [0.2, 0.25) is 0 Å². The summed E-state index contributed by atoms with van der Waals surface area (Å²) in [5.74, 6) is 6.09. The van der Waals surface area contributed by atoms with Gasteiger partial charge < -0.3 is 0 Å². The number of rotatable bonds is 8. The molecule has 1 rings (SSSR count). The Bertz CT molecular complexity index is 392. The Morgan fingerprint density at radius 3 is 2.29 bits per heavy atom. The van der Waals surface area contributed by atoms with E-state index in [9.17, 15) is 13.2 Å². The second-order valence-electron chi connectivity index (χ2n) is 5.60. The van der Waals surface area contributed by atoms with Crippen LogP contribution in [0.3, 0.4) is 0 Å². The summed E-state index contributed by atoms with van der Waals surface area (Å²) in [6.07, 6.45) is -3.39. The van der Waals surface area contributed by atoms with E-state index in [1.54, 1.807) is 0 Å². The van der Waals surface area contributed by atoms with E-state index in [2.05, 4.69) is 19.3 Å². The second-order valence-corrected chi connectivity index (χ2v) is 5.60. The molecule has 3 unspecified atom stereocenters. The van der Waals surface area contributed by atoms with Crippen LogP contribution in [0.1, 0.15) is 51.0 Å². The SMILES string of the molecule is CCC(C)C(c1ccccc1)C(CCCC(F)(F)F)NN. The zero-order chi connectivity index (χ0) is 15.9. The number of alkyl halides is 3. The molecule has 0 saturated heterocycles. The molecular formula is C16H25F3N2. The summed E-state index contributed by atoms with van der Waals surface area (Å²) in [5.41, 5.74) is 3.86. The normalized spacial score (nSPS) is 16.5.